The summed E-state index contributed by atoms with van der Waals surface area (Å²) in [7, 11) is 1.55. The average molecular weight is 375 g/mol. The van der Waals surface area contributed by atoms with Gasteiger partial charge in [-0.25, -0.2) is 0 Å². The Kier molecular flexibility index (Phi) is 6.63. The van der Waals surface area contributed by atoms with Crippen LogP contribution in [0.4, 0.5) is 5.69 Å². The molecule has 136 valence electrons. The van der Waals surface area contributed by atoms with Crippen LogP contribution >= 0.6 is 11.6 Å². The second-order valence-electron chi connectivity index (χ2n) is 5.22. The lowest BCUT2D eigenvalue weighted by Gasteiger charge is -2.09. The van der Waals surface area contributed by atoms with E-state index in [0.717, 1.165) is 5.56 Å². The van der Waals surface area contributed by atoms with E-state index in [1.54, 1.807) is 31.4 Å². The third kappa shape index (κ3) is 5.00. The maximum Gasteiger partial charge on any atom is 0.248 e. The summed E-state index contributed by atoms with van der Waals surface area (Å²) in [5.41, 5.74) is 6.55. The molecule has 0 spiro atoms. The molecular weight excluding hydrogens is 356 g/mol. The van der Waals surface area contributed by atoms with Crippen molar-refractivity contribution in [3.05, 3.63) is 58.6 Å². The van der Waals surface area contributed by atoms with Crippen molar-refractivity contribution in [1.29, 1.82) is 0 Å². The fourth-order valence-electron chi connectivity index (χ4n) is 2.18. The van der Waals surface area contributed by atoms with Gasteiger partial charge in [0, 0.05) is 11.6 Å². The van der Waals surface area contributed by atoms with E-state index < -0.39 is 11.8 Å². The summed E-state index contributed by atoms with van der Waals surface area (Å²) in [5, 5.41) is 2.92. The minimum absolute atomic E-state index is 0.255. The van der Waals surface area contributed by atoms with Crippen molar-refractivity contribution in [3.63, 3.8) is 0 Å². The molecule has 0 saturated heterocycles. The molecule has 0 radical (unpaired) electrons. The Labute approximate surface area is 156 Å². The van der Waals surface area contributed by atoms with Crippen molar-refractivity contribution in [2.24, 2.45) is 5.73 Å². The first-order valence-electron chi connectivity index (χ1n) is 7.83. The monoisotopic (exact) mass is 374 g/mol. The number of hydrogen-bond acceptors (Lipinski definition) is 4. The summed E-state index contributed by atoms with van der Waals surface area (Å²) in [4.78, 5) is 23.3. The number of hydrogen-bond donors (Lipinski definition) is 2. The summed E-state index contributed by atoms with van der Waals surface area (Å²) in [6, 6.07) is 9.75. The Hall–Kier alpha value is -2.99. The van der Waals surface area contributed by atoms with Crippen LogP contribution in [-0.4, -0.2) is 25.5 Å². The number of carbonyl (C=O) groups is 2. The second kappa shape index (κ2) is 8.92. The Bertz CT molecular complexity index is 849. The van der Waals surface area contributed by atoms with Crippen LogP contribution in [0.15, 0.2) is 42.5 Å². The van der Waals surface area contributed by atoms with Gasteiger partial charge in [-0.3, -0.25) is 9.59 Å². The van der Waals surface area contributed by atoms with E-state index >= 15 is 0 Å². The number of halogens is 1. The fraction of sp³-hybridized carbons (Fsp3) is 0.158. The molecule has 7 heteroatoms. The molecule has 0 aliphatic rings. The molecule has 3 N–H and O–H groups in total. The molecule has 0 aromatic heterocycles. The first-order chi connectivity index (χ1) is 12.4. The highest BCUT2D eigenvalue weighted by Crippen LogP contribution is 2.28. The van der Waals surface area contributed by atoms with Gasteiger partial charge in [0.1, 0.15) is 0 Å². The number of benzene rings is 2. The highest BCUT2D eigenvalue weighted by molar-refractivity contribution is 6.34. The van der Waals surface area contributed by atoms with Crippen LogP contribution in [0.3, 0.4) is 0 Å². The lowest BCUT2D eigenvalue weighted by atomic mass is 10.1. The highest BCUT2D eigenvalue weighted by atomic mass is 35.5. The number of nitrogens with one attached hydrogen (secondary N) is 1. The van der Waals surface area contributed by atoms with Gasteiger partial charge in [-0.15, -0.1) is 0 Å². The largest absolute Gasteiger partial charge is 0.493 e. The van der Waals surface area contributed by atoms with Crippen LogP contribution in [0.2, 0.25) is 5.02 Å². The highest BCUT2D eigenvalue weighted by Gasteiger charge is 2.08. The smallest absolute Gasteiger partial charge is 0.248 e. The molecule has 6 nitrogen and oxygen atoms in total. The quantitative estimate of drug-likeness (QED) is 0.726. The zero-order valence-corrected chi connectivity index (χ0v) is 15.2. The molecule has 0 aliphatic carbocycles. The summed E-state index contributed by atoms with van der Waals surface area (Å²) in [6.07, 6.45) is 2.97. The first kappa shape index (κ1) is 19.3. The lowest BCUT2D eigenvalue weighted by molar-refractivity contribution is -0.111. The van der Waals surface area contributed by atoms with E-state index in [-0.39, 0.29) is 5.56 Å². The van der Waals surface area contributed by atoms with Crippen LogP contribution in [0.5, 0.6) is 11.5 Å². The molecule has 0 saturated carbocycles. The molecule has 0 heterocycles. The van der Waals surface area contributed by atoms with Crippen molar-refractivity contribution >= 4 is 35.2 Å². The van der Waals surface area contributed by atoms with Gasteiger partial charge in [0.05, 0.1) is 24.4 Å². The maximum atomic E-state index is 12.1. The predicted molar refractivity (Wildman–Crippen MR) is 102 cm³/mol. The molecule has 2 amide bonds. The summed E-state index contributed by atoms with van der Waals surface area (Å²) >= 11 is 6.03. The molecule has 2 rings (SSSR count). The van der Waals surface area contributed by atoms with E-state index in [0.29, 0.717) is 28.8 Å². The van der Waals surface area contributed by atoms with Crippen molar-refractivity contribution in [2.45, 2.75) is 6.92 Å². The molecule has 0 aliphatic heterocycles. The number of methoxy groups -OCH3 is 1. The van der Waals surface area contributed by atoms with Gasteiger partial charge in [0.25, 0.3) is 0 Å². The zero-order valence-electron chi connectivity index (χ0n) is 14.4. The number of ether oxygens (including phenoxy) is 2. The van der Waals surface area contributed by atoms with Gasteiger partial charge < -0.3 is 20.5 Å². The summed E-state index contributed by atoms with van der Waals surface area (Å²) in [6.45, 7) is 2.41. The van der Waals surface area contributed by atoms with Gasteiger partial charge >= 0.3 is 0 Å². The van der Waals surface area contributed by atoms with Crippen LogP contribution < -0.4 is 20.5 Å². The molecule has 0 unspecified atom stereocenters. The Morgan fingerprint density at radius 3 is 2.62 bits per heavy atom. The summed E-state index contributed by atoms with van der Waals surface area (Å²) < 4.78 is 10.7. The standard InChI is InChI=1S/C19H19ClN2O4/c1-3-26-16-8-4-12(10-17(16)25-2)5-9-18(23)22-15-11-13(19(21)24)6-7-14(15)20/h4-11H,3H2,1-2H3,(H2,21,24)(H,22,23). The van der Waals surface area contributed by atoms with Gasteiger partial charge in [-0.1, -0.05) is 17.7 Å². The fourth-order valence-corrected chi connectivity index (χ4v) is 2.35. The average Bonchev–Trinajstić information content (AvgIpc) is 2.62. The number of carbonyl (C=O) groups excluding carboxylic acids is 2. The SMILES string of the molecule is CCOc1ccc(C=CC(=O)Nc2cc(C(N)=O)ccc2Cl)cc1OC. The van der Waals surface area contributed by atoms with E-state index in [2.05, 4.69) is 5.32 Å². The second-order valence-corrected chi connectivity index (χ2v) is 5.63. The number of rotatable bonds is 7. The molecule has 0 bridgehead atoms. The number of primary amides is 1. The Morgan fingerprint density at radius 2 is 1.96 bits per heavy atom. The van der Waals surface area contributed by atoms with Gasteiger partial charge in [-0.05, 0) is 48.9 Å². The molecule has 26 heavy (non-hydrogen) atoms. The van der Waals surface area contributed by atoms with E-state index in [1.807, 2.05) is 6.92 Å². The number of amides is 2. The van der Waals surface area contributed by atoms with E-state index in [1.165, 1.54) is 24.3 Å². The third-order valence-corrected chi connectivity index (χ3v) is 3.75. The zero-order chi connectivity index (χ0) is 19.1. The topological polar surface area (TPSA) is 90.6 Å². The van der Waals surface area contributed by atoms with E-state index in [4.69, 9.17) is 26.8 Å². The number of nitrogens with two attached hydrogens (primary N) is 1. The van der Waals surface area contributed by atoms with Crippen LogP contribution in [0.1, 0.15) is 22.8 Å². The maximum absolute atomic E-state index is 12.1. The Balaban J connectivity index is 2.12. The molecule has 0 fully saturated rings. The van der Waals surface area contributed by atoms with E-state index in [9.17, 15) is 9.59 Å². The lowest BCUT2D eigenvalue weighted by Crippen LogP contribution is -2.13. The number of anilines is 1. The molecular formula is C19H19ClN2O4. The van der Waals surface area contributed by atoms with Gasteiger partial charge in [0.2, 0.25) is 11.8 Å². The van der Waals surface area contributed by atoms with Crippen molar-refractivity contribution in [1.82, 2.24) is 0 Å². The minimum atomic E-state index is -0.603. The van der Waals surface area contributed by atoms with Crippen LogP contribution in [0.25, 0.3) is 6.08 Å². The molecule has 2 aromatic carbocycles. The van der Waals surface area contributed by atoms with Crippen molar-refractivity contribution in [3.8, 4) is 11.5 Å². The van der Waals surface area contributed by atoms with Gasteiger partial charge in [-0.2, -0.15) is 0 Å². The first-order valence-corrected chi connectivity index (χ1v) is 8.21. The van der Waals surface area contributed by atoms with Gasteiger partial charge in [0.15, 0.2) is 11.5 Å². The molecule has 2 aromatic rings. The normalized spacial score (nSPS) is 10.6. The van der Waals surface area contributed by atoms with Crippen molar-refractivity contribution < 1.29 is 19.1 Å². The van der Waals surface area contributed by atoms with Crippen molar-refractivity contribution in [2.75, 3.05) is 19.0 Å². The van der Waals surface area contributed by atoms with Crippen LogP contribution in [0, 0.1) is 0 Å². The predicted octanol–water partition coefficient (Wildman–Crippen LogP) is 3.50. The molecule has 0 atom stereocenters. The van der Waals surface area contributed by atoms with Crippen LogP contribution in [-0.2, 0) is 4.79 Å². The third-order valence-electron chi connectivity index (χ3n) is 3.42. The Morgan fingerprint density at radius 1 is 1.19 bits per heavy atom. The summed E-state index contributed by atoms with van der Waals surface area (Å²) in [5.74, 6) is 0.203. The minimum Gasteiger partial charge on any atom is -0.493 e.